The molecule has 126 valence electrons. The van der Waals surface area contributed by atoms with Crippen molar-refractivity contribution in [2.24, 2.45) is 0 Å². The van der Waals surface area contributed by atoms with E-state index in [-0.39, 0.29) is 5.91 Å². The van der Waals surface area contributed by atoms with Crippen LogP contribution in [0.4, 0.5) is 11.4 Å². The number of hydrogen-bond donors (Lipinski definition) is 1. The van der Waals surface area contributed by atoms with Gasteiger partial charge in [0.1, 0.15) is 0 Å². The molecule has 4 rings (SSSR count). The lowest BCUT2D eigenvalue weighted by molar-refractivity contribution is 0.102. The molecule has 1 aliphatic rings. The summed E-state index contributed by atoms with van der Waals surface area (Å²) in [6.07, 6.45) is 4.31. The molecular weight excluding hydrogens is 398 g/mol. The molecule has 0 radical (unpaired) electrons. The van der Waals surface area contributed by atoms with Crippen LogP contribution in [0.15, 0.2) is 58.6 Å². The Balaban J connectivity index is 1.45. The third-order valence-electron chi connectivity index (χ3n) is 4.27. The zero-order chi connectivity index (χ0) is 17.2. The molecule has 1 amide bonds. The molecule has 0 unspecified atom stereocenters. The van der Waals surface area contributed by atoms with Crippen LogP contribution in [0.3, 0.4) is 0 Å². The Morgan fingerprint density at radius 2 is 2.04 bits per heavy atom. The number of benzene rings is 1. The SMILES string of the molecule is O=C(Nc1ccc(N2CCc3sccc3C2)cc1)c1cncc(Br)c1. The normalized spacial score (nSPS) is 13.4. The molecule has 0 spiro atoms. The molecule has 0 atom stereocenters. The van der Waals surface area contributed by atoms with Crippen molar-refractivity contribution in [1.29, 1.82) is 0 Å². The van der Waals surface area contributed by atoms with Gasteiger partial charge in [-0.15, -0.1) is 11.3 Å². The predicted octanol–water partition coefficient (Wildman–Crippen LogP) is 4.72. The number of rotatable bonds is 3. The monoisotopic (exact) mass is 413 g/mol. The maximum atomic E-state index is 12.3. The van der Waals surface area contributed by atoms with Gasteiger partial charge in [0.2, 0.25) is 0 Å². The summed E-state index contributed by atoms with van der Waals surface area (Å²) in [7, 11) is 0. The Morgan fingerprint density at radius 1 is 1.20 bits per heavy atom. The number of amides is 1. The van der Waals surface area contributed by atoms with Gasteiger partial charge >= 0.3 is 0 Å². The average molecular weight is 414 g/mol. The molecule has 1 aromatic carbocycles. The fraction of sp³-hybridized carbons (Fsp3) is 0.158. The summed E-state index contributed by atoms with van der Waals surface area (Å²) in [5, 5.41) is 5.08. The van der Waals surface area contributed by atoms with Crippen LogP contribution < -0.4 is 10.2 Å². The van der Waals surface area contributed by atoms with Crippen molar-refractivity contribution in [1.82, 2.24) is 4.98 Å². The van der Waals surface area contributed by atoms with Crippen molar-refractivity contribution >= 4 is 44.5 Å². The van der Waals surface area contributed by atoms with E-state index in [9.17, 15) is 4.79 Å². The quantitative estimate of drug-likeness (QED) is 0.675. The second kappa shape index (κ2) is 6.98. The van der Waals surface area contributed by atoms with Gasteiger partial charge in [-0.2, -0.15) is 0 Å². The van der Waals surface area contributed by atoms with Crippen molar-refractivity contribution in [3.63, 3.8) is 0 Å². The summed E-state index contributed by atoms with van der Waals surface area (Å²) in [5.41, 5.74) is 3.91. The van der Waals surface area contributed by atoms with E-state index < -0.39 is 0 Å². The first kappa shape index (κ1) is 16.3. The number of pyridine rings is 1. The van der Waals surface area contributed by atoms with Crippen LogP contribution in [0.1, 0.15) is 20.8 Å². The van der Waals surface area contributed by atoms with Gasteiger partial charge < -0.3 is 10.2 Å². The van der Waals surface area contributed by atoms with Gasteiger partial charge in [0.25, 0.3) is 5.91 Å². The Labute approximate surface area is 158 Å². The molecule has 0 bridgehead atoms. The van der Waals surface area contributed by atoms with E-state index in [0.29, 0.717) is 5.56 Å². The highest BCUT2D eigenvalue weighted by molar-refractivity contribution is 9.10. The van der Waals surface area contributed by atoms with Crippen LogP contribution in [0.25, 0.3) is 0 Å². The molecule has 6 heteroatoms. The lowest BCUT2D eigenvalue weighted by Crippen LogP contribution is -2.29. The first-order valence-corrected chi connectivity index (χ1v) is 9.68. The number of fused-ring (bicyclic) bond motifs is 1. The summed E-state index contributed by atoms with van der Waals surface area (Å²) >= 11 is 5.18. The summed E-state index contributed by atoms with van der Waals surface area (Å²) in [6.45, 7) is 1.98. The molecule has 1 N–H and O–H groups in total. The Bertz CT molecular complexity index is 907. The number of anilines is 2. The van der Waals surface area contributed by atoms with Crippen LogP contribution in [0.2, 0.25) is 0 Å². The fourth-order valence-corrected chi connectivity index (χ4v) is 4.22. The van der Waals surface area contributed by atoms with Gasteiger partial charge in [-0.25, -0.2) is 0 Å². The average Bonchev–Trinajstić information content (AvgIpc) is 3.10. The Morgan fingerprint density at radius 3 is 2.84 bits per heavy atom. The molecule has 3 heterocycles. The Hall–Kier alpha value is -2.18. The molecular formula is C19H16BrN3OS. The minimum absolute atomic E-state index is 0.164. The molecule has 4 nitrogen and oxygen atoms in total. The van der Waals surface area contributed by atoms with Gasteiger partial charge in [0.05, 0.1) is 5.56 Å². The second-order valence-electron chi connectivity index (χ2n) is 5.93. The molecule has 0 aliphatic carbocycles. The van der Waals surface area contributed by atoms with Crippen molar-refractivity contribution in [2.75, 3.05) is 16.8 Å². The van der Waals surface area contributed by atoms with Gasteiger partial charge in [0, 0.05) is 46.2 Å². The van der Waals surface area contributed by atoms with E-state index in [0.717, 1.165) is 29.7 Å². The number of carbonyl (C=O) groups excluding carboxylic acids is 1. The number of nitrogens with zero attached hydrogens (tertiary/aromatic N) is 2. The first-order valence-electron chi connectivity index (χ1n) is 8.01. The van der Waals surface area contributed by atoms with Crippen molar-refractivity contribution in [3.8, 4) is 0 Å². The highest BCUT2D eigenvalue weighted by Crippen LogP contribution is 2.28. The lowest BCUT2D eigenvalue weighted by Gasteiger charge is -2.29. The number of aromatic nitrogens is 1. The fourth-order valence-electron chi connectivity index (χ4n) is 2.96. The highest BCUT2D eigenvalue weighted by Gasteiger charge is 2.17. The largest absolute Gasteiger partial charge is 0.367 e. The summed E-state index contributed by atoms with van der Waals surface area (Å²) < 4.78 is 0.786. The first-order chi connectivity index (χ1) is 12.2. The van der Waals surface area contributed by atoms with E-state index in [4.69, 9.17) is 0 Å². The number of halogens is 1. The number of nitrogens with one attached hydrogen (secondary N) is 1. The molecule has 2 aromatic heterocycles. The van der Waals surface area contributed by atoms with E-state index in [1.165, 1.54) is 16.1 Å². The number of hydrogen-bond acceptors (Lipinski definition) is 4. The van der Waals surface area contributed by atoms with Crippen molar-refractivity contribution in [2.45, 2.75) is 13.0 Å². The third-order valence-corrected chi connectivity index (χ3v) is 5.72. The third kappa shape index (κ3) is 3.60. The topological polar surface area (TPSA) is 45.2 Å². The minimum atomic E-state index is -0.164. The van der Waals surface area contributed by atoms with Crippen molar-refractivity contribution < 1.29 is 4.79 Å². The van der Waals surface area contributed by atoms with Gasteiger partial charge in [-0.1, -0.05) is 0 Å². The minimum Gasteiger partial charge on any atom is -0.367 e. The highest BCUT2D eigenvalue weighted by atomic mass is 79.9. The van der Waals surface area contributed by atoms with Crippen LogP contribution >= 0.6 is 27.3 Å². The molecule has 0 fully saturated rings. The molecule has 3 aromatic rings. The molecule has 25 heavy (non-hydrogen) atoms. The summed E-state index contributed by atoms with van der Waals surface area (Å²) in [5.74, 6) is -0.164. The van der Waals surface area contributed by atoms with Crippen LogP contribution in [-0.2, 0) is 13.0 Å². The smallest absolute Gasteiger partial charge is 0.257 e. The molecule has 0 saturated heterocycles. The number of carbonyl (C=O) groups is 1. The van der Waals surface area contributed by atoms with Gasteiger partial charge in [-0.05, 0) is 69.7 Å². The van der Waals surface area contributed by atoms with E-state index in [1.807, 2.05) is 23.5 Å². The zero-order valence-corrected chi connectivity index (χ0v) is 15.8. The predicted molar refractivity (Wildman–Crippen MR) is 105 cm³/mol. The van der Waals surface area contributed by atoms with Gasteiger partial charge in [-0.3, -0.25) is 9.78 Å². The number of thiophene rings is 1. The zero-order valence-electron chi connectivity index (χ0n) is 13.4. The molecule has 0 saturated carbocycles. The van der Waals surface area contributed by atoms with Crippen LogP contribution in [0, 0.1) is 0 Å². The Kier molecular flexibility index (Phi) is 4.55. The van der Waals surface area contributed by atoms with E-state index in [2.05, 4.69) is 54.7 Å². The molecule has 1 aliphatic heterocycles. The second-order valence-corrected chi connectivity index (χ2v) is 7.85. The summed E-state index contributed by atoms with van der Waals surface area (Å²) in [4.78, 5) is 20.2. The maximum absolute atomic E-state index is 12.3. The maximum Gasteiger partial charge on any atom is 0.257 e. The van der Waals surface area contributed by atoms with E-state index in [1.54, 1.807) is 18.5 Å². The van der Waals surface area contributed by atoms with Gasteiger partial charge in [0.15, 0.2) is 0 Å². The van der Waals surface area contributed by atoms with Crippen LogP contribution in [0.5, 0.6) is 0 Å². The summed E-state index contributed by atoms with van der Waals surface area (Å²) in [6, 6.07) is 12.0. The standard InChI is InChI=1S/C19H16BrN3OS/c20-15-9-14(10-21-11-15)19(24)22-16-1-3-17(4-2-16)23-7-5-18-13(12-23)6-8-25-18/h1-4,6,8-11H,5,7,12H2,(H,22,24). The lowest BCUT2D eigenvalue weighted by atomic mass is 10.1. The van der Waals surface area contributed by atoms with E-state index >= 15 is 0 Å². The van der Waals surface area contributed by atoms with Crippen LogP contribution in [-0.4, -0.2) is 17.4 Å². The van der Waals surface area contributed by atoms with Crippen molar-refractivity contribution in [3.05, 3.63) is 74.6 Å².